The summed E-state index contributed by atoms with van der Waals surface area (Å²) in [6, 6.07) is 17.8. The SMILES string of the molecule is CC(C)(C)Nc1cnnc(Nc2ccc(OCc3ccccc3)cc2)n1. The fourth-order valence-electron chi connectivity index (χ4n) is 2.31. The van der Waals surface area contributed by atoms with Crippen LogP contribution in [0.25, 0.3) is 0 Å². The predicted octanol–water partition coefficient (Wildman–Crippen LogP) is 4.40. The highest BCUT2D eigenvalue weighted by Crippen LogP contribution is 2.20. The lowest BCUT2D eigenvalue weighted by Crippen LogP contribution is -2.27. The summed E-state index contributed by atoms with van der Waals surface area (Å²) in [5.74, 6) is 1.93. The van der Waals surface area contributed by atoms with E-state index in [1.165, 1.54) is 0 Å². The van der Waals surface area contributed by atoms with Gasteiger partial charge in [-0.3, -0.25) is 0 Å². The number of rotatable bonds is 6. The summed E-state index contributed by atoms with van der Waals surface area (Å²) in [7, 11) is 0. The molecule has 0 amide bonds. The second-order valence-corrected chi connectivity index (χ2v) is 6.96. The lowest BCUT2D eigenvalue weighted by Gasteiger charge is -2.20. The van der Waals surface area contributed by atoms with Gasteiger partial charge in [-0.15, -0.1) is 5.10 Å². The standard InChI is InChI=1S/C20H23N5O/c1-20(2,3)24-18-13-21-25-19(23-18)22-16-9-11-17(12-10-16)26-14-15-7-5-4-6-8-15/h4-13H,14H2,1-3H3,(H2,22,23,24,25). The van der Waals surface area contributed by atoms with Crippen LogP contribution in [0, 0.1) is 0 Å². The van der Waals surface area contributed by atoms with Crippen LogP contribution in [-0.2, 0) is 6.61 Å². The van der Waals surface area contributed by atoms with Crippen molar-refractivity contribution < 1.29 is 4.74 Å². The minimum absolute atomic E-state index is 0.0922. The Morgan fingerprint density at radius 1 is 0.962 bits per heavy atom. The van der Waals surface area contributed by atoms with E-state index >= 15 is 0 Å². The molecule has 134 valence electrons. The van der Waals surface area contributed by atoms with Gasteiger partial charge < -0.3 is 15.4 Å². The van der Waals surface area contributed by atoms with Gasteiger partial charge in [0, 0.05) is 11.2 Å². The van der Waals surface area contributed by atoms with E-state index in [2.05, 4.69) is 46.6 Å². The summed E-state index contributed by atoms with van der Waals surface area (Å²) >= 11 is 0. The van der Waals surface area contributed by atoms with Gasteiger partial charge in [-0.25, -0.2) is 0 Å². The normalized spacial score (nSPS) is 11.0. The lowest BCUT2D eigenvalue weighted by atomic mass is 10.1. The molecule has 1 heterocycles. The van der Waals surface area contributed by atoms with Crippen LogP contribution in [0.4, 0.5) is 17.5 Å². The monoisotopic (exact) mass is 349 g/mol. The second-order valence-electron chi connectivity index (χ2n) is 6.96. The molecule has 3 rings (SSSR count). The molecule has 0 radical (unpaired) electrons. The molecule has 0 spiro atoms. The summed E-state index contributed by atoms with van der Waals surface area (Å²) in [4.78, 5) is 4.42. The number of hydrogen-bond donors (Lipinski definition) is 2. The first-order valence-corrected chi connectivity index (χ1v) is 8.50. The molecule has 26 heavy (non-hydrogen) atoms. The average Bonchev–Trinajstić information content (AvgIpc) is 2.61. The third kappa shape index (κ3) is 5.44. The molecule has 0 bridgehead atoms. The third-order valence-corrected chi connectivity index (χ3v) is 3.42. The van der Waals surface area contributed by atoms with E-state index in [1.807, 2.05) is 54.6 Å². The molecule has 2 aromatic carbocycles. The number of benzene rings is 2. The van der Waals surface area contributed by atoms with Crippen molar-refractivity contribution in [2.45, 2.75) is 32.9 Å². The molecular weight excluding hydrogens is 326 g/mol. The summed E-state index contributed by atoms with van der Waals surface area (Å²) < 4.78 is 5.79. The number of hydrogen-bond acceptors (Lipinski definition) is 6. The van der Waals surface area contributed by atoms with Crippen LogP contribution in [-0.4, -0.2) is 20.7 Å². The molecular formula is C20H23N5O. The molecule has 0 fully saturated rings. The van der Waals surface area contributed by atoms with E-state index in [9.17, 15) is 0 Å². The molecule has 0 unspecified atom stereocenters. The van der Waals surface area contributed by atoms with Gasteiger partial charge in [0.05, 0.1) is 6.20 Å². The minimum Gasteiger partial charge on any atom is -0.489 e. The smallest absolute Gasteiger partial charge is 0.249 e. The summed E-state index contributed by atoms with van der Waals surface area (Å²) in [5, 5.41) is 14.4. The fourth-order valence-corrected chi connectivity index (χ4v) is 2.31. The number of aromatic nitrogens is 3. The van der Waals surface area contributed by atoms with Crippen molar-refractivity contribution in [3.8, 4) is 5.75 Å². The van der Waals surface area contributed by atoms with Gasteiger partial charge in [-0.1, -0.05) is 30.3 Å². The molecule has 0 aliphatic rings. The molecule has 0 aliphatic heterocycles. The van der Waals surface area contributed by atoms with Crippen LogP contribution in [0.2, 0.25) is 0 Å². The highest BCUT2D eigenvalue weighted by atomic mass is 16.5. The Labute approximate surface area is 153 Å². The van der Waals surface area contributed by atoms with Gasteiger partial charge in [0.2, 0.25) is 5.95 Å². The van der Waals surface area contributed by atoms with Crippen LogP contribution in [0.3, 0.4) is 0 Å². The maximum atomic E-state index is 5.79. The van der Waals surface area contributed by atoms with E-state index < -0.39 is 0 Å². The van der Waals surface area contributed by atoms with Crippen molar-refractivity contribution in [3.63, 3.8) is 0 Å². The molecule has 0 aliphatic carbocycles. The zero-order valence-electron chi connectivity index (χ0n) is 15.2. The maximum absolute atomic E-state index is 5.79. The van der Waals surface area contributed by atoms with Crippen molar-refractivity contribution >= 4 is 17.5 Å². The zero-order chi connectivity index (χ0) is 18.4. The van der Waals surface area contributed by atoms with Gasteiger partial charge in [-0.05, 0) is 50.6 Å². The summed E-state index contributed by atoms with van der Waals surface area (Å²) in [6.07, 6.45) is 1.61. The molecule has 6 nitrogen and oxygen atoms in total. The molecule has 0 atom stereocenters. The Morgan fingerprint density at radius 2 is 1.69 bits per heavy atom. The highest BCUT2D eigenvalue weighted by Gasteiger charge is 2.11. The first kappa shape index (κ1) is 17.7. The molecule has 3 aromatic rings. The average molecular weight is 349 g/mol. The molecule has 6 heteroatoms. The predicted molar refractivity (Wildman–Crippen MR) is 104 cm³/mol. The Morgan fingerprint density at radius 3 is 2.38 bits per heavy atom. The summed E-state index contributed by atoms with van der Waals surface area (Å²) in [6.45, 7) is 6.74. The van der Waals surface area contributed by atoms with E-state index in [1.54, 1.807) is 6.20 Å². The lowest BCUT2D eigenvalue weighted by molar-refractivity contribution is 0.306. The van der Waals surface area contributed by atoms with E-state index in [-0.39, 0.29) is 5.54 Å². The molecule has 0 saturated heterocycles. The molecule has 2 N–H and O–H groups in total. The van der Waals surface area contributed by atoms with Gasteiger partial charge >= 0.3 is 0 Å². The first-order chi connectivity index (χ1) is 12.5. The largest absolute Gasteiger partial charge is 0.489 e. The van der Waals surface area contributed by atoms with Gasteiger partial charge in [0.25, 0.3) is 0 Å². The van der Waals surface area contributed by atoms with Gasteiger partial charge in [0.15, 0.2) is 5.82 Å². The van der Waals surface area contributed by atoms with Gasteiger partial charge in [0.1, 0.15) is 12.4 Å². The number of nitrogens with one attached hydrogen (secondary N) is 2. The quantitative estimate of drug-likeness (QED) is 0.687. The van der Waals surface area contributed by atoms with E-state index in [0.29, 0.717) is 18.4 Å². The Bertz CT molecular complexity index is 829. The minimum atomic E-state index is -0.0922. The van der Waals surface area contributed by atoms with E-state index in [0.717, 1.165) is 17.0 Å². The molecule has 0 saturated carbocycles. The van der Waals surface area contributed by atoms with E-state index in [4.69, 9.17) is 4.74 Å². The van der Waals surface area contributed by atoms with Crippen molar-refractivity contribution in [1.82, 2.24) is 15.2 Å². The van der Waals surface area contributed by atoms with Crippen LogP contribution in [0.1, 0.15) is 26.3 Å². The number of anilines is 3. The van der Waals surface area contributed by atoms with Crippen LogP contribution < -0.4 is 15.4 Å². The Balaban J connectivity index is 1.60. The van der Waals surface area contributed by atoms with Crippen molar-refractivity contribution in [2.24, 2.45) is 0 Å². The maximum Gasteiger partial charge on any atom is 0.249 e. The number of ether oxygens (including phenoxy) is 1. The highest BCUT2D eigenvalue weighted by molar-refractivity contribution is 5.55. The fraction of sp³-hybridized carbons (Fsp3) is 0.250. The topological polar surface area (TPSA) is 72.0 Å². The van der Waals surface area contributed by atoms with Crippen LogP contribution in [0.5, 0.6) is 5.75 Å². The van der Waals surface area contributed by atoms with Crippen LogP contribution >= 0.6 is 0 Å². The van der Waals surface area contributed by atoms with Gasteiger partial charge in [-0.2, -0.15) is 10.1 Å². The Hall–Kier alpha value is -3.15. The zero-order valence-corrected chi connectivity index (χ0v) is 15.2. The number of nitrogens with zero attached hydrogens (tertiary/aromatic N) is 3. The van der Waals surface area contributed by atoms with Crippen molar-refractivity contribution in [1.29, 1.82) is 0 Å². The second kappa shape index (κ2) is 7.82. The van der Waals surface area contributed by atoms with Crippen molar-refractivity contribution in [2.75, 3.05) is 10.6 Å². The molecule has 1 aromatic heterocycles. The summed E-state index contributed by atoms with van der Waals surface area (Å²) in [5.41, 5.74) is 1.91. The van der Waals surface area contributed by atoms with Crippen molar-refractivity contribution in [3.05, 3.63) is 66.4 Å². The Kier molecular flexibility index (Phi) is 5.31. The first-order valence-electron chi connectivity index (χ1n) is 8.50. The van der Waals surface area contributed by atoms with Crippen LogP contribution in [0.15, 0.2) is 60.8 Å². The third-order valence-electron chi connectivity index (χ3n) is 3.42.